The second-order valence-electron chi connectivity index (χ2n) is 13.1. The Morgan fingerprint density at radius 2 is 0.898 bits per heavy atom. The highest BCUT2D eigenvalue weighted by Gasteiger charge is 2.35. The van der Waals surface area contributed by atoms with E-state index in [1.54, 1.807) is 35.1 Å². The van der Waals surface area contributed by atoms with Crippen LogP contribution in [0.2, 0.25) is 0 Å². The number of likely N-dealkylation sites (N-methyl/N-ethyl adjacent to an activating group) is 2. The molecule has 0 fully saturated rings. The third kappa shape index (κ3) is 31.3. The first-order valence-corrected chi connectivity index (χ1v) is 16.9. The molecule has 0 bridgehead atoms. The number of aliphatic hydroxyl groups is 4. The number of nitrogens with zero attached hydrogens (tertiary/aromatic N) is 2. The van der Waals surface area contributed by atoms with Crippen LogP contribution in [0.4, 0.5) is 0 Å². The van der Waals surface area contributed by atoms with Gasteiger partial charge in [-0.25, -0.2) is 9.68 Å². The summed E-state index contributed by atoms with van der Waals surface area (Å²) in [6.45, 7) is 6.11. The number of unbranched alkanes of at least 4 members (excludes halogenated alkanes) is 8. The summed E-state index contributed by atoms with van der Waals surface area (Å²) in [5.74, 6) is -4.50. The highest BCUT2D eigenvalue weighted by molar-refractivity contribution is 5.75. The molecular weight excluding hydrogens is 648 g/mol. The van der Waals surface area contributed by atoms with E-state index in [0.29, 0.717) is 13.2 Å². The lowest BCUT2D eigenvalue weighted by molar-refractivity contribution is -1.07. The Morgan fingerprint density at radius 3 is 1.12 bits per heavy atom. The second-order valence-corrected chi connectivity index (χ2v) is 13.1. The van der Waals surface area contributed by atoms with E-state index in [1.807, 2.05) is 0 Å². The van der Waals surface area contributed by atoms with E-state index >= 15 is 0 Å². The Labute approximate surface area is 293 Å². The van der Waals surface area contributed by atoms with Crippen molar-refractivity contribution < 1.29 is 79.0 Å². The quantitative estimate of drug-likeness (QED) is 0.0412. The highest BCUT2D eigenvalue weighted by Crippen LogP contribution is 2.20. The average molecular weight is 717 g/mol. The fourth-order valence-electron chi connectivity index (χ4n) is 3.49. The first-order valence-electron chi connectivity index (χ1n) is 16.9. The van der Waals surface area contributed by atoms with Crippen LogP contribution in [0.1, 0.15) is 98.3 Å². The van der Waals surface area contributed by atoms with Gasteiger partial charge in [-0.05, 0) is 26.2 Å². The summed E-state index contributed by atoms with van der Waals surface area (Å²) >= 11 is 0. The molecule has 49 heavy (non-hydrogen) atoms. The van der Waals surface area contributed by atoms with Gasteiger partial charge in [0.1, 0.15) is 37.1 Å². The SMILES string of the molecule is CC(CO)(CO)C(=O)O.CCC(CO)(CO)C(=O)O.CCCCCCCCCO[N+](C)(C)CC(=O)[O-].CCCCCO[N+](C)(C)CC(=O)[O-]. The Hall–Kier alpha value is -2.44. The van der Waals surface area contributed by atoms with E-state index < -0.39 is 61.1 Å². The minimum Gasteiger partial charge on any atom is -0.544 e. The molecule has 0 aromatic carbocycles. The zero-order valence-electron chi connectivity index (χ0n) is 31.3. The molecule has 16 heteroatoms. The molecule has 0 aromatic heterocycles. The zero-order chi connectivity index (χ0) is 39.2. The predicted octanol–water partition coefficient (Wildman–Crippen LogP) is -0.0567. The van der Waals surface area contributed by atoms with Crippen molar-refractivity contribution in [3.05, 3.63) is 0 Å². The van der Waals surface area contributed by atoms with E-state index in [9.17, 15) is 29.4 Å². The summed E-state index contributed by atoms with van der Waals surface area (Å²) in [7, 11) is 6.89. The lowest BCUT2D eigenvalue weighted by atomic mass is 9.87. The van der Waals surface area contributed by atoms with Crippen LogP contribution < -0.4 is 10.2 Å². The number of carboxylic acids is 4. The third-order valence-electron chi connectivity index (χ3n) is 7.35. The number of rotatable bonds is 25. The molecule has 0 aliphatic carbocycles. The minimum absolute atomic E-state index is 0.0338. The van der Waals surface area contributed by atoms with Crippen molar-refractivity contribution in [3.8, 4) is 0 Å². The Bertz CT molecular complexity index is 852. The summed E-state index contributed by atoms with van der Waals surface area (Å²) in [6.07, 6.45) is 12.1. The van der Waals surface area contributed by atoms with Crippen molar-refractivity contribution in [3.63, 3.8) is 0 Å². The smallest absolute Gasteiger partial charge is 0.314 e. The Morgan fingerprint density at radius 1 is 0.571 bits per heavy atom. The molecule has 0 rings (SSSR count). The maximum Gasteiger partial charge on any atom is 0.314 e. The van der Waals surface area contributed by atoms with Crippen molar-refractivity contribution in [1.29, 1.82) is 0 Å². The molecule has 0 aliphatic heterocycles. The van der Waals surface area contributed by atoms with Crippen LogP contribution in [0.15, 0.2) is 0 Å². The predicted molar refractivity (Wildman–Crippen MR) is 178 cm³/mol. The van der Waals surface area contributed by atoms with Gasteiger partial charge in [0.2, 0.25) is 0 Å². The lowest BCUT2D eigenvalue weighted by Gasteiger charge is -2.27. The molecule has 0 heterocycles. The first kappa shape index (κ1) is 53.4. The average Bonchev–Trinajstić information content (AvgIpc) is 3.01. The van der Waals surface area contributed by atoms with Crippen LogP contribution >= 0.6 is 0 Å². The number of carboxylic acid groups (broad SMARTS) is 4. The van der Waals surface area contributed by atoms with Crippen LogP contribution in [-0.4, -0.2) is 145 Å². The summed E-state index contributed by atoms with van der Waals surface area (Å²) in [5.41, 5.74) is -2.74. The first-order chi connectivity index (χ1) is 22.6. The fourth-order valence-corrected chi connectivity index (χ4v) is 3.49. The lowest BCUT2D eigenvalue weighted by Crippen LogP contribution is -2.48. The molecule has 6 N–H and O–H groups in total. The number of carbonyl (C=O) groups is 4. The molecule has 294 valence electrons. The molecule has 0 atom stereocenters. The summed E-state index contributed by atoms with van der Waals surface area (Å²) in [5, 5.41) is 71.6. The van der Waals surface area contributed by atoms with E-state index in [0.717, 1.165) is 32.1 Å². The molecule has 0 unspecified atom stereocenters. The Balaban J connectivity index is -0.000000284. The van der Waals surface area contributed by atoms with Crippen molar-refractivity contribution in [1.82, 2.24) is 0 Å². The summed E-state index contributed by atoms with van der Waals surface area (Å²) < 4.78 is 0.0736. The number of hydrogen-bond acceptors (Lipinski definition) is 12. The molecule has 0 saturated carbocycles. The van der Waals surface area contributed by atoms with Gasteiger partial charge in [-0.1, -0.05) is 72.1 Å². The number of aliphatic carboxylic acids is 4. The van der Waals surface area contributed by atoms with Gasteiger partial charge >= 0.3 is 11.9 Å². The topological polar surface area (TPSA) is 254 Å². The van der Waals surface area contributed by atoms with Crippen molar-refractivity contribution >= 4 is 23.9 Å². The Kier molecular flexibility index (Phi) is 33.1. The van der Waals surface area contributed by atoms with Gasteiger partial charge in [-0.3, -0.25) is 9.59 Å². The van der Waals surface area contributed by atoms with Crippen LogP contribution in [0.3, 0.4) is 0 Å². The number of hydrogen-bond donors (Lipinski definition) is 6. The van der Waals surface area contributed by atoms with E-state index in [2.05, 4.69) is 13.8 Å². The van der Waals surface area contributed by atoms with E-state index in [1.165, 1.54) is 39.0 Å². The number of hydroxylamine groups is 6. The largest absolute Gasteiger partial charge is 0.544 e. The highest BCUT2D eigenvalue weighted by atomic mass is 16.7. The third-order valence-corrected chi connectivity index (χ3v) is 7.35. The molecule has 0 amide bonds. The molecule has 0 radical (unpaired) electrons. The number of quaternary nitrogens is 2. The number of aliphatic hydroxyl groups excluding tert-OH is 4. The maximum absolute atomic E-state index is 10.4. The summed E-state index contributed by atoms with van der Waals surface area (Å²) in [4.78, 5) is 52.1. The second kappa shape index (κ2) is 30.4. The normalized spacial score (nSPS) is 11.6. The van der Waals surface area contributed by atoms with Crippen molar-refractivity contribution in [2.24, 2.45) is 10.8 Å². The molecular formula is C33H68N2O14. The van der Waals surface area contributed by atoms with Gasteiger partial charge in [0.25, 0.3) is 0 Å². The van der Waals surface area contributed by atoms with Crippen molar-refractivity contribution in [2.45, 2.75) is 98.3 Å². The zero-order valence-corrected chi connectivity index (χ0v) is 31.3. The number of carbonyl (C=O) groups excluding carboxylic acids is 2. The van der Waals surface area contributed by atoms with Gasteiger partial charge in [-0.15, -0.1) is 0 Å². The van der Waals surface area contributed by atoms with Gasteiger partial charge in [0, 0.05) is 0 Å². The molecule has 16 nitrogen and oxygen atoms in total. The van der Waals surface area contributed by atoms with E-state index in [4.69, 9.17) is 40.3 Å². The standard InChI is InChI=1S/C13H27NO3.C9H19NO3.C6H12O4.C5H10O4/c1-4-5-6-7-8-9-10-11-17-14(2,3)12-13(15)16;1-4-5-6-7-13-10(2,3)8-9(11)12;1-2-6(3-7,4-8)5(9)10;1-5(2-6,3-7)4(8)9/h4-12H2,1-3H3;4-8H2,1-3H3;7-8H,2-4H2,1H3,(H,9,10);6-7H,2-3H2,1H3,(H,8,9). The monoisotopic (exact) mass is 716 g/mol. The minimum atomic E-state index is -1.39. The van der Waals surface area contributed by atoms with Crippen molar-refractivity contribution in [2.75, 3.05) is 80.9 Å². The van der Waals surface area contributed by atoms with Gasteiger partial charge in [-0.2, -0.15) is 9.29 Å². The van der Waals surface area contributed by atoms with Crippen LogP contribution in [0, 0.1) is 10.8 Å². The van der Waals surface area contributed by atoms with Crippen LogP contribution in [0.5, 0.6) is 0 Å². The van der Waals surface area contributed by atoms with Crippen LogP contribution in [-0.2, 0) is 28.9 Å². The summed E-state index contributed by atoms with van der Waals surface area (Å²) in [6, 6.07) is 0. The van der Waals surface area contributed by atoms with Gasteiger partial charge in [0.15, 0.2) is 0 Å². The molecule has 0 aliphatic rings. The molecule has 0 saturated heterocycles. The van der Waals surface area contributed by atoms with Gasteiger partial charge in [0.05, 0.1) is 66.6 Å². The molecule has 0 aromatic rings. The van der Waals surface area contributed by atoms with Gasteiger partial charge < -0.3 is 50.4 Å². The van der Waals surface area contributed by atoms with E-state index in [-0.39, 0.29) is 28.8 Å². The molecule has 0 spiro atoms. The van der Waals surface area contributed by atoms with Crippen LogP contribution in [0.25, 0.3) is 0 Å². The maximum atomic E-state index is 10.4. The fraction of sp³-hybridized carbons (Fsp3) is 0.879.